The van der Waals surface area contributed by atoms with E-state index in [0.29, 0.717) is 11.8 Å². The van der Waals surface area contributed by atoms with Crippen LogP contribution < -0.4 is 16.2 Å². The van der Waals surface area contributed by atoms with E-state index >= 15 is 0 Å². The fraction of sp³-hybridized carbons (Fsp3) is 0.615. The quantitative estimate of drug-likeness (QED) is 0.861. The van der Waals surface area contributed by atoms with E-state index in [1.807, 2.05) is 11.6 Å². The lowest BCUT2D eigenvalue weighted by Gasteiger charge is -2.37. The summed E-state index contributed by atoms with van der Waals surface area (Å²) in [6.07, 6.45) is 1.23. The number of hydrogen-bond donors (Lipinski definition) is 2. The number of hydrogen-bond acceptors (Lipinski definition) is 3. The van der Waals surface area contributed by atoms with Gasteiger partial charge in [0.2, 0.25) is 0 Å². The number of pyridine rings is 1. The lowest BCUT2D eigenvalue weighted by Crippen LogP contribution is -2.45. The zero-order chi connectivity index (χ0) is 11.8. The molecule has 1 unspecified atom stereocenters. The molecule has 0 spiro atoms. The van der Waals surface area contributed by atoms with Crippen LogP contribution in [0.1, 0.15) is 23.6 Å². The van der Waals surface area contributed by atoms with E-state index in [-0.39, 0.29) is 30.4 Å². The van der Waals surface area contributed by atoms with Crippen molar-refractivity contribution >= 4 is 24.8 Å². The second-order valence-electron chi connectivity index (χ2n) is 5.22. The number of rotatable bonds is 2. The average molecular weight is 306 g/mol. The predicted octanol–water partition coefficient (Wildman–Crippen LogP) is 1.12. The van der Waals surface area contributed by atoms with E-state index in [2.05, 4.69) is 16.7 Å². The summed E-state index contributed by atoms with van der Waals surface area (Å²) in [5.41, 5.74) is 2.50. The van der Waals surface area contributed by atoms with Crippen molar-refractivity contribution in [1.29, 1.82) is 0 Å². The maximum absolute atomic E-state index is 12.1. The summed E-state index contributed by atoms with van der Waals surface area (Å²) in [7, 11) is 1.91. The molecule has 19 heavy (non-hydrogen) atoms. The van der Waals surface area contributed by atoms with Gasteiger partial charge in [0.25, 0.3) is 5.56 Å². The third kappa shape index (κ3) is 3.14. The van der Waals surface area contributed by atoms with Crippen molar-refractivity contribution in [2.75, 3.05) is 20.1 Å². The molecule has 0 saturated carbocycles. The summed E-state index contributed by atoms with van der Waals surface area (Å²) in [6, 6.07) is 3.97. The Kier molecular flexibility index (Phi) is 5.86. The average Bonchev–Trinajstić information content (AvgIpc) is 2.32. The molecule has 6 heteroatoms. The Balaban J connectivity index is 0.000000902. The molecule has 2 aliphatic heterocycles. The van der Waals surface area contributed by atoms with Gasteiger partial charge in [-0.1, -0.05) is 0 Å². The molecule has 2 N–H and O–H groups in total. The molecular weight excluding hydrogens is 285 g/mol. The standard InChI is InChI=1S/C13H19N3O.2ClH/c1-14-5-9-3-12-11-2-10(6-15-7-11)8-16(12)13(17)4-9;;/h3-4,10-11,14-15H,2,5-8H2,1H3;2*1H/t10?,11-;;/m0../s1. The molecule has 3 heterocycles. The van der Waals surface area contributed by atoms with Crippen LogP contribution in [0.3, 0.4) is 0 Å². The first-order valence-corrected chi connectivity index (χ1v) is 6.37. The monoisotopic (exact) mass is 305 g/mol. The number of nitrogens with zero attached hydrogens (tertiary/aromatic N) is 1. The van der Waals surface area contributed by atoms with Crippen LogP contribution in [-0.4, -0.2) is 24.7 Å². The van der Waals surface area contributed by atoms with E-state index in [1.165, 1.54) is 12.1 Å². The molecule has 4 nitrogen and oxygen atoms in total. The third-order valence-corrected chi connectivity index (χ3v) is 3.90. The Labute approximate surface area is 125 Å². The molecule has 1 fully saturated rings. The minimum Gasteiger partial charge on any atom is -0.316 e. The van der Waals surface area contributed by atoms with Gasteiger partial charge in [0.1, 0.15) is 0 Å². The van der Waals surface area contributed by atoms with Crippen molar-refractivity contribution < 1.29 is 0 Å². The Bertz CT molecular complexity index is 489. The zero-order valence-corrected chi connectivity index (χ0v) is 12.6. The van der Waals surface area contributed by atoms with Crippen molar-refractivity contribution in [3.63, 3.8) is 0 Å². The van der Waals surface area contributed by atoms with Gasteiger partial charge in [0.05, 0.1) is 0 Å². The van der Waals surface area contributed by atoms with Gasteiger partial charge in [0, 0.05) is 37.3 Å². The minimum atomic E-state index is 0. The maximum atomic E-state index is 12.1. The molecule has 0 radical (unpaired) electrons. The Morgan fingerprint density at radius 1 is 1.37 bits per heavy atom. The van der Waals surface area contributed by atoms with Gasteiger partial charge in [-0.25, -0.2) is 0 Å². The van der Waals surface area contributed by atoms with Crippen LogP contribution in [0.5, 0.6) is 0 Å². The van der Waals surface area contributed by atoms with Crippen LogP contribution >= 0.6 is 24.8 Å². The van der Waals surface area contributed by atoms with E-state index in [1.54, 1.807) is 6.07 Å². The van der Waals surface area contributed by atoms with Crippen molar-refractivity contribution in [2.24, 2.45) is 5.92 Å². The second kappa shape index (κ2) is 6.75. The summed E-state index contributed by atoms with van der Waals surface area (Å²) >= 11 is 0. The lowest BCUT2D eigenvalue weighted by molar-refractivity contribution is 0.257. The number of nitrogens with one attached hydrogen (secondary N) is 2. The maximum Gasteiger partial charge on any atom is 0.251 e. The van der Waals surface area contributed by atoms with E-state index in [4.69, 9.17) is 0 Å². The first kappa shape index (κ1) is 16.5. The normalized spacial score (nSPS) is 23.8. The molecule has 1 aromatic heterocycles. The van der Waals surface area contributed by atoms with Gasteiger partial charge < -0.3 is 15.2 Å². The molecule has 1 aromatic rings. The van der Waals surface area contributed by atoms with Gasteiger partial charge in [-0.15, -0.1) is 24.8 Å². The van der Waals surface area contributed by atoms with E-state index in [9.17, 15) is 4.79 Å². The van der Waals surface area contributed by atoms with Crippen LogP contribution in [0.15, 0.2) is 16.9 Å². The third-order valence-electron chi connectivity index (χ3n) is 3.90. The smallest absolute Gasteiger partial charge is 0.251 e. The molecule has 0 amide bonds. The summed E-state index contributed by atoms with van der Waals surface area (Å²) in [5.74, 6) is 1.15. The van der Waals surface area contributed by atoms with Crippen LogP contribution in [0.4, 0.5) is 0 Å². The molecule has 2 bridgehead atoms. The Hall–Kier alpha value is -0.550. The lowest BCUT2D eigenvalue weighted by atomic mass is 9.84. The largest absolute Gasteiger partial charge is 0.316 e. The number of piperidine rings is 1. The highest BCUT2D eigenvalue weighted by atomic mass is 35.5. The minimum absolute atomic E-state index is 0. The summed E-state index contributed by atoms with van der Waals surface area (Å²) in [5, 5.41) is 6.58. The molecule has 1 saturated heterocycles. The van der Waals surface area contributed by atoms with Crippen molar-refractivity contribution in [3.8, 4) is 0 Å². The molecule has 3 rings (SSSR count). The van der Waals surface area contributed by atoms with Gasteiger partial charge in [-0.05, 0) is 37.6 Å². The highest BCUT2D eigenvalue weighted by molar-refractivity contribution is 5.85. The fourth-order valence-electron chi connectivity index (χ4n) is 3.17. The first-order valence-electron chi connectivity index (χ1n) is 6.37. The second-order valence-corrected chi connectivity index (χ2v) is 5.22. The van der Waals surface area contributed by atoms with Gasteiger partial charge >= 0.3 is 0 Å². The topological polar surface area (TPSA) is 46.1 Å². The highest BCUT2D eigenvalue weighted by Crippen LogP contribution is 2.31. The molecule has 2 aliphatic rings. The number of aromatic nitrogens is 1. The first-order chi connectivity index (χ1) is 8.28. The molecular formula is C13H21Cl2N3O. The Morgan fingerprint density at radius 3 is 2.89 bits per heavy atom. The van der Waals surface area contributed by atoms with Crippen molar-refractivity contribution in [1.82, 2.24) is 15.2 Å². The summed E-state index contributed by atoms with van der Waals surface area (Å²) in [6.45, 7) is 3.73. The zero-order valence-electron chi connectivity index (χ0n) is 11.0. The van der Waals surface area contributed by atoms with Crippen LogP contribution in [0, 0.1) is 5.92 Å². The summed E-state index contributed by atoms with van der Waals surface area (Å²) < 4.78 is 1.98. The molecule has 0 aliphatic carbocycles. The molecule has 2 atom stereocenters. The van der Waals surface area contributed by atoms with E-state index < -0.39 is 0 Å². The number of fused-ring (bicyclic) bond motifs is 4. The van der Waals surface area contributed by atoms with Crippen molar-refractivity contribution in [3.05, 3.63) is 33.7 Å². The van der Waals surface area contributed by atoms with Crippen LogP contribution in [0.2, 0.25) is 0 Å². The fourth-order valence-corrected chi connectivity index (χ4v) is 3.17. The molecule has 108 valence electrons. The predicted molar refractivity (Wildman–Crippen MR) is 81.7 cm³/mol. The summed E-state index contributed by atoms with van der Waals surface area (Å²) in [4.78, 5) is 12.1. The van der Waals surface area contributed by atoms with E-state index in [0.717, 1.165) is 31.7 Å². The number of halogens is 2. The van der Waals surface area contributed by atoms with Gasteiger partial charge in [-0.3, -0.25) is 4.79 Å². The molecule has 0 aromatic carbocycles. The van der Waals surface area contributed by atoms with Crippen LogP contribution in [0.25, 0.3) is 0 Å². The van der Waals surface area contributed by atoms with Gasteiger partial charge in [-0.2, -0.15) is 0 Å². The highest BCUT2D eigenvalue weighted by Gasteiger charge is 2.30. The van der Waals surface area contributed by atoms with Crippen molar-refractivity contribution in [2.45, 2.75) is 25.4 Å². The van der Waals surface area contributed by atoms with Gasteiger partial charge in [0.15, 0.2) is 0 Å². The van der Waals surface area contributed by atoms with Crippen LogP contribution in [-0.2, 0) is 13.1 Å². The SMILES string of the molecule is CNCc1cc2n(c(=O)c1)CC1CNC[C@@H]2C1.Cl.Cl. The Morgan fingerprint density at radius 2 is 2.16 bits per heavy atom.